The van der Waals surface area contributed by atoms with Crippen molar-refractivity contribution in [2.75, 3.05) is 6.61 Å². The molecule has 0 radical (unpaired) electrons. The molecule has 0 aliphatic heterocycles. The smallest absolute Gasteiger partial charge is 0.0479 e. The Labute approximate surface area is 80.2 Å². The molecule has 1 nitrogen and oxygen atoms in total. The lowest BCUT2D eigenvalue weighted by Gasteiger charge is -1.90. The molecule has 0 aromatic carbocycles. The van der Waals surface area contributed by atoms with Crippen molar-refractivity contribution >= 4 is 27.3 Å². The van der Waals surface area contributed by atoms with Gasteiger partial charge in [-0.25, -0.2) is 0 Å². The predicted molar refractivity (Wildman–Crippen MR) is 54.2 cm³/mol. The molecule has 0 saturated heterocycles. The van der Waals surface area contributed by atoms with Crippen LogP contribution in [-0.4, -0.2) is 11.7 Å². The number of rotatable bonds is 2. The standard InChI is InChI=1S/C6H7BrOS.C2H6/c7-5-2-4-9-6(5)1-3-8;1-2/h2,4,8H,1,3H2;1-2H3. The van der Waals surface area contributed by atoms with E-state index in [0.29, 0.717) is 0 Å². The van der Waals surface area contributed by atoms with Crippen LogP contribution in [0.3, 0.4) is 0 Å². The van der Waals surface area contributed by atoms with Gasteiger partial charge in [0.05, 0.1) is 0 Å². The Morgan fingerprint density at radius 2 is 2.18 bits per heavy atom. The fourth-order valence-corrected chi connectivity index (χ4v) is 2.15. The number of hydrogen-bond donors (Lipinski definition) is 1. The van der Waals surface area contributed by atoms with Crippen LogP contribution in [0.15, 0.2) is 15.9 Å². The van der Waals surface area contributed by atoms with Gasteiger partial charge in [-0.2, -0.15) is 0 Å². The SMILES string of the molecule is CC.OCCc1sccc1Br. The van der Waals surface area contributed by atoms with Crippen molar-refractivity contribution < 1.29 is 5.11 Å². The quantitative estimate of drug-likeness (QED) is 0.838. The molecule has 0 atom stereocenters. The summed E-state index contributed by atoms with van der Waals surface area (Å²) in [5, 5.41) is 10.6. The molecule has 64 valence electrons. The largest absolute Gasteiger partial charge is 0.396 e. The van der Waals surface area contributed by atoms with Crippen LogP contribution in [0.5, 0.6) is 0 Å². The minimum Gasteiger partial charge on any atom is -0.396 e. The van der Waals surface area contributed by atoms with Crippen molar-refractivity contribution in [2.24, 2.45) is 0 Å². The third kappa shape index (κ3) is 3.89. The summed E-state index contributed by atoms with van der Waals surface area (Å²) in [5.74, 6) is 0. The molecule has 0 bridgehead atoms. The molecule has 0 spiro atoms. The molecule has 0 saturated carbocycles. The highest BCUT2D eigenvalue weighted by Crippen LogP contribution is 2.22. The van der Waals surface area contributed by atoms with E-state index in [2.05, 4.69) is 15.9 Å². The van der Waals surface area contributed by atoms with Crippen molar-refractivity contribution in [3.8, 4) is 0 Å². The van der Waals surface area contributed by atoms with Gasteiger partial charge < -0.3 is 5.11 Å². The third-order valence-electron chi connectivity index (χ3n) is 1.03. The lowest BCUT2D eigenvalue weighted by Crippen LogP contribution is -1.85. The van der Waals surface area contributed by atoms with E-state index in [9.17, 15) is 0 Å². The first-order valence-corrected chi connectivity index (χ1v) is 5.34. The Hall–Kier alpha value is 0.140. The maximum Gasteiger partial charge on any atom is 0.0479 e. The van der Waals surface area contributed by atoms with Crippen LogP contribution >= 0.6 is 27.3 Å². The maximum atomic E-state index is 8.55. The van der Waals surface area contributed by atoms with E-state index in [1.54, 1.807) is 11.3 Å². The lowest BCUT2D eigenvalue weighted by molar-refractivity contribution is 0.300. The lowest BCUT2D eigenvalue weighted by atomic mass is 10.4. The highest BCUT2D eigenvalue weighted by atomic mass is 79.9. The molecule has 1 aromatic heterocycles. The third-order valence-corrected chi connectivity index (χ3v) is 3.02. The molecule has 0 unspecified atom stereocenters. The summed E-state index contributed by atoms with van der Waals surface area (Å²) in [6.07, 6.45) is 0.762. The molecule has 0 fully saturated rings. The van der Waals surface area contributed by atoms with Crippen LogP contribution in [-0.2, 0) is 6.42 Å². The molecular formula is C8H13BrOS. The minimum absolute atomic E-state index is 0.235. The van der Waals surface area contributed by atoms with Crippen molar-refractivity contribution in [2.45, 2.75) is 20.3 Å². The summed E-state index contributed by atoms with van der Waals surface area (Å²) < 4.78 is 1.11. The summed E-state index contributed by atoms with van der Waals surface area (Å²) in [6.45, 7) is 4.24. The number of aliphatic hydroxyl groups excluding tert-OH is 1. The average molecular weight is 237 g/mol. The van der Waals surface area contributed by atoms with Gasteiger partial charge in [0, 0.05) is 22.4 Å². The Bertz CT molecular complexity index is 186. The first-order valence-electron chi connectivity index (χ1n) is 3.67. The Balaban J connectivity index is 0.000000461. The van der Waals surface area contributed by atoms with E-state index in [4.69, 9.17) is 5.11 Å². The van der Waals surface area contributed by atoms with E-state index < -0.39 is 0 Å². The molecule has 1 aromatic rings. The topological polar surface area (TPSA) is 20.2 Å². The number of hydrogen-bond acceptors (Lipinski definition) is 2. The van der Waals surface area contributed by atoms with Gasteiger partial charge in [0.15, 0.2) is 0 Å². The Morgan fingerprint density at radius 1 is 1.55 bits per heavy atom. The van der Waals surface area contributed by atoms with Crippen LogP contribution in [0.1, 0.15) is 18.7 Å². The molecule has 0 aliphatic rings. The van der Waals surface area contributed by atoms with Crippen molar-refractivity contribution in [3.05, 3.63) is 20.8 Å². The van der Waals surface area contributed by atoms with Gasteiger partial charge in [-0.05, 0) is 27.4 Å². The highest BCUT2D eigenvalue weighted by Gasteiger charge is 1.97. The van der Waals surface area contributed by atoms with Gasteiger partial charge in [0.1, 0.15) is 0 Å². The van der Waals surface area contributed by atoms with E-state index in [0.717, 1.165) is 10.9 Å². The molecule has 3 heteroatoms. The van der Waals surface area contributed by atoms with Crippen LogP contribution < -0.4 is 0 Å². The van der Waals surface area contributed by atoms with Gasteiger partial charge in [0.25, 0.3) is 0 Å². The van der Waals surface area contributed by atoms with Gasteiger partial charge >= 0.3 is 0 Å². The van der Waals surface area contributed by atoms with Crippen LogP contribution in [0.4, 0.5) is 0 Å². The van der Waals surface area contributed by atoms with Gasteiger partial charge in [0.2, 0.25) is 0 Å². The number of thiophene rings is 1. The molecular weight excluding hydrogens is 224 g/mol. The van der Waals surface area contributed by atoms with Crippen LogP contribution in [0.25, 0.3) is 0 Å². The maximum absolute atomic E-state index is 8.55. The van der Waals surface area contributed by atoms with E-state index in [-0.39, 0.29) is 6.61 Å². The molecule has 0 amide bonds. The normalized spacial score (nSPS) is 8.73. The summed E-state index contributed by atoms with van der Waals surface area (Å²) >= 11 is 5.03. The van der Waals surface area contributed by atoms with Crippen molar-refractivity contribution in [1.29, 1.82) is 0 Å². The summed E-state index contributed by atoms with van der Waals surface area (Å²) in [6, 6.07) is 2.00. The van der Waals surface area contributed by atoms with Gasteiger partial charge in [-0.1, -0.05) is 13.8 Å². The molecule has 11 heavy (non-hydrogen) atoms. The van der Waals surface area contributed by atoms with Gasteiger partial charge in [-0.15, -0.1) is 11.3 Å². The zero-order valence-electron chi connectivity index (χ0n) is 6.80. The molecule has 1 rings (SSSR count). The minimum atomic E-state index is 0.235. The molecule has 1 heterocycles. The zero-order valence-corrected chi connectivity index (χ0v) is 9.20. The predicted octanol–water partition coefficient (Wildman–Crippen LogP) is 3.07. The fourth-order valence-electron chi connectivity index (χ4n) is 0.605. The molecule has 0 aliphatic carbocycles. The average Bonchev–Trinajstić information content (AvgIpc) is 2.42. The van der Waals surface area contributed by atoms with E-state index in [1.807, 2.05) is 25.3 Å². The van der Waals surface area contributed by atoms with Gasteiger partial charge in [-0.3, -0.25) is 0 Å². The first-order chi connectivity index (χ1) is 5.34. The second kappa shape index (κ2) is 6.83. The highest BCUT2D eigenvalue weighted by molar-refractivity contribution is 9.10. The second-order valence-electron chi connectivity index (χ2n) is 1.67. The zero-order chi connectivity index (χ0) is 8.69. The summed E-state index contributed by atoms with van der Waals surface area (Å²) in [4.78, 5) is 1.22. The fraction of sp³-hybridized carbons (Fsp3) is 0.500. The van der Waals surface area contributed by atoms with E-state index in [1.165, 1.54) is 4.88 Å². The van der Waals surface area contributed by atoms with Crippen LogP contribution in [0, 0.1) is 0 Å². The van der Waals surface area contributed by atoms with Crippen molar-refractivity contribution in [1.82, 2.24) is 0 Å². The number of halogens is 1. The molecule has 1 N–H and O–H groups in total. The first kappa shape index (κ1) is 11.1. The van der Waals surface area contributed by atoms with E-state index >= 15 is 0 Å². The second-order valence-corrected chi connectivity index (χ2v) is 3.52. The Kier molecular flexibility index (Phi) is 6.91. The summed E-state index contributed by atoms with van der Waals surface area (Å²) in [5.41, 5.74) is 0. The van der Waals surface area contributed by atoms with Crippen LogP contribution in [0.2, 0.25) is 0 Å². The number of aliphatic hydroxyl groups is 1. The monoisotopic (exact) mass is 236 g/mol. The van der Waals surface area contributed by atoms with Crippen molar-refractivity contribution in [3.63, 3.8) is 0 Å². The summed E-state index contributed by atoms with van der Waals surface area (Å²) in [7, 11) is 0. The Morgan fingerprint density at radius 3 is 2.55 bits per heavy atom.